The highest BCUT2D eigenvalue weighted by molar-refractivity contribution is 14.1. The third-order valence-electron chi connectivity index (χ3n) is 2.44. The van der Waals surface area contributed by atoms with E-state index in [0.717, 1.165) is 18.1 Å². The molecule has 1 fully saturated rings. The number of nitrogens with zero attached hydrogens (tertiary/aromatic N) is 1. The fraction of sp³-hybridized carbons (Fsp3) is 0.455. The molecule has 14 heavy (non-hydrogen) atoms. The van der Waals surface area contributed by atoms with Crippen LogP contribution in [0, 0.1) is 5.92 Å². The molecule has 1 heterocycles. The number of rotatable bonds is 1. The van der Waals surface area contributed by atoms with Gasteiger partial charge in [0.1, 0.15) is 0 Å². The van der Waals surface area contributed by atoms with Crippen LogP contribution in [0.1, 0.15) is 13.8 Å². The zero-order chi connectivity index (χ0) is 10.1. The van der Waals surface area contributed by atoms with Crippen LogP contribution in [0.15, 0.2) is 33.3 Å². The Kier molecular flexibility index (Phi) is 2.85. The largest absolute Gasteiger partial charge is 0.648 e. The van der Waals surface area contributed by atoms with E-state index >= 15 is 0 Å². The van der Waals surface area contributed by atoms with Gasteiger partial charge in [-0.2, -0.15) is 0 Å². The fourth-order valence-corrected chi connectivity index (χ4v) is 2.07. The van der Waals surface area contributed by atoms with Gasteiger partial charge in [-0.05, 0) is 28.7 Å². The topological polar surface area (TPSA) is 23.3 Å². The van der Waals surface area contributed by atoms with Crippen LogP contribution >= 0.6 is 22.6 Å². The van der Waals surface area contributed by atoms with E-state index in [9.17, 15) is 0 Å². The minimum absolute atomic E-state index is 0.329. The Bertz CT molecular complexity index is 328. The Balaban J connectivity index is 2.15. The lowest BCUT2D eigenvalue weighted by molar-refractivity contribution is 0.243. The molecule has 0 aromatic heterocycles. The van der Waals surface area contributed by atoms with Crippen molar-refractivity contribution in [3.63, 3.8) is 0 Å². The maximum absolute atomic E-state index is 5.60. The summed E-state index contributed by atoms with van der Waals surface area (Å²) < 4.78 is 6.81. The molecule has 0 aromatic rings. The summed E-state index contributed by atoms with van der Waals surface area (Å²) in [5.74, 6) is 1.37. The Morgan fingerprint density at radius 3 is 2.86 bits per heavy atom. The SMILES string of the molecule is CC(C)[C@H]1CO/C(=C2\C=CC=C2I)[N-]1. The summed E-state index contributed by atoms with van der Waals surface area (Å²) in [4.78, 5) is 0. The van der Waals surface area contributed by atoms with Gasteiger partial charge in [0.25, 0.3) is 0 Å². The molecule has 0 radical (unpaired) electrons. The molecular weight excluding hydrogens is 289 g/mol. The molecule has 2 rings (SSSR count). The van der Waals surface area contributed by atoms with E-state index in [-0.39, 0.29) is 0 Å². The van der Waals surface area contributed by atoms with Gasteiger partial charge >= 0.3 is 0 Å². The van der Waals surface area contributed by atoms with Gasteiger partial charge in [0.15, 0.2) is 0 Å². The molecule has 76 valence electrons. The Hall–Kier alpha value is -0.450. The standard InChI is InChI=1S/C11H13INO/c1-7(2)10-6-14-11(13-10)8-4-3-5-9(8)12/h3-5,7,10H,6H2,1-2H3/q-1/b11-8+/t10-/m1/s1. The van der Waals surface area contributed by atoms with Gasteiger partial charge in [-0.1, -0.05) is 38.0 Å². The fourth-order valence-electron chi connectivity index (χ4n) is 1.45. The van der Waals surface area contributed by atoms with Crippen LogP contribution in [0.2, 0.25) is 0 Å². The molecule has 0 amide bonds. The zero-order valence-corrected chi connectivity index (χ0v) is 10.5. The molecule has 0 saturated carbocycles. The van der Waals surface area contributed by atoms with Gasteiger partial charge in [0.05, 0.1) is 6.61 Å². The molecule has 0 aromatic carbocycles. The molecule has 2 nitrogen and oxygen atoms in total. The Morgan fingerprint density at radius 1 is 1.57 bits per heavy atom. The van der Waals surface area contributed by atoms with Crippen LogP contribution in [0.3, 0.4) is 0 Å². The van der Waals surface area contributed by atoms with E-state index in [2.05, 4.69) is 53.9 Å². The molecule has 0 unspecified atom stereocenters. The second-order valence-electron chi connectivity index (χ2n) is 3.84. The quantitative estimate of drug-likeness (QED) is 0.680. The number of halogens is 1. The summed E-state index contributed by atoms with van der Waals surface area (Å²) >= 11 is 2.31. The van der Waals surface area contributed by atoms with E-state index in [1.807, 2.05) is 6.08 Å². The van der Waals surface area contributed by atoms with Crippen molar-refractivity contribution in [2.45, 2.75) is 19.9 Å². The molecule has 3 heteroatoms. The number of hydrogen-bond donors (Lipinski definition) is 0. The average molecular weight is 302 g/mol. The lowest BCUT2D eigenvalue weighted by Gasteiger charge is -2.25. The van der Waals surface area contributed by atoms with Gasteiger partial charge in [-0.3, -0.25) is 0 Å². The lowest BCUT2D eigenvalue weighted by atomic mass is 10.1. The molecule has 1 aliphatic carbocycles. The zero-order valence-electron chi connectivity index (χ0n) is 8.33. The van der Waals surface area contributed by atoms with Crippen LogP contribution in [0.25, 0.3) is 5.32 Å². The first-order valence-electron chi connectivity index (χ1n) is 4.80. The smallest absolute Gasteiger partial charge is 0.0726 e. The van der Waals surface area contributed by atoms with Crippen molar-refractivity contribution < 1.29 is 4.74 Å². The highest BCUT2D eigenvalue weighted by Crippen LogP contribution is 2.35. The summed E-state index contributed by atoms with van der Waals surface area (Å²) in [5.41, 5.74) is 1.13. The first kappa shape index (κ1) is 10.1. The van der Waals surface area contributed by atoms with E-state index in [0.29, 0.717) is 12.0 Å². The molecule has 1 aliphatic heterocycles. The van der Waals surface area contributed by atoms with E-state index < -0.39 is 0 Å². The first-order valence-corrected chi connectivity index (χ1v) is 5.88. The van der Waals surface area contributed by atoms with E-state index in [1.54, 1.807) is 0 Å². The van der Waals surface area contributed by atoms with Gasteiger partial charge < -0.3 is 10.1 Å². The molecule has 1 atom stereocenters. The molecule has 0 bridgehead atoms. The van der Waals surface area contributed by atoms with E-state index in [1.165, 1.54) is 3.58 Å². The maximum atomic E-state index is 5.60. The van der Waals surface area contributed by atoms with Crippen molar-refractivity contribution in [3.05, 3.63) is 38.6 Å². The van der Waals surface area contributed by atoms with Crippen molar-refractivity contribution in [1.82, 2.24) is 0 Å². The minimum Gasteiger partial charge on any atom is -0.648 e. The monoisotopic (exact) mass is 302 g/mol. The van der Waals surface area contributed by atoms with Gasteiger partial charge in [0, 0.05) is 15.0 Å². The molecular formula is C11H13INO-. The first-order chi connectivity index (χ1) is 6.68. The predicted octanol–water partition coefficient (Wildman–Crippen LogP) is 3.52. The normalized spacial score (nSPS) is 30.6. The van der Waals surface area contributed by atoms with Crippen LogP contribution < -0.4 is 0 Å². The van der Waals surface area contributed by atoms with Crippen LogP contribution in [-0.4, -0.2) is 12.6 Å². The molecule has 0 N–H and O–H groups in total. The summed E-state index contributed by atoms with van der Waals surface area (Å²) in [6, 6.07) is 0.329. The minimum atomic E-state index is 0.329. The van der Waals surface area contributed by atoms with Crippen molar-refractivity contribution >= 4 is 22.6 Å². The number of ether oxygens (including phenoxy) is 1. The number of hydrogen-bond acceptors (Lipinski definition) is 1. The second-order valence-corrected chi connectivity index (χ2v) is 5.01. The summed E-state index contributed by atoms with van der Waals surface area (Å²) in [7, 11) is 0. The van der Waals surface area contributed by atoms with Gasteiger partial charge in [0.2, 0.25) is 0 Å². The highest BCUT2D eigenvalue weighted by Gasteiger charge is 2.15. The van der Waals surface area contributed by atoms with E-state index in [4.69, 9.17) is 4.74 Å². The Labute approximate surface area is 98.2 Å². The summed E-state index contributed by atoms with van der Waals surface area (Å²) in [6.07, 6.45) is 6.17. The number of allylic oxidation sites excluding steroid dienone is 5. The van der Waals surface area contributed by atoms with Crippen molar-refractivity contribution in [1.29, 1.82) is 0 Å². The third-order valence-corrected chi connectivity index (χ3v) is 3.38. The molecule has 0 spiro atoms. The second kappa shape index (κ2) is 3.96. The van der Waals surface area contributed by atoms with Gasteiger partial charge in [-0.15, -0.1) is 0 Å². The summed E-state index contributed by atoms with van der Waals surface area (Å²) in [6.45, 7) is 5.08. The Morgan fingerprint density at radius 2 is 2.36 bits per heavy atom. The maximum Gasteiger partial charge on any atom is 0.0726 e. The average Bonchev–Trinajstić information content (AvgIpc) is 2.71. The van der Waals surface area contributed by atoms with Crippen LogP contribution in [0.5, 0.6) is 0 Å². The molecule has 1 saturated heterocycles. The van der Waals surface area contributed by atoms with Crippen molar-refractivity contribution in [2.75, 3.05) is 6.61 Å². The van der Waals surface area contributed by atoms with Crippen molar-refractivity contribution in [3.8, 4) is 0 Å². The summed E-state index contributed by atoms with van der Waals surface area (Å²) in [5, 5.41) is 4.58. The lowest BCUT2D eigenvalue weighted by Crippen LogP contribution is -2.12. The van der Waals surface area contributed by atoms with Crippen LogP contribution in [0.4, 0.5) is 0 Å². The van der Waals surface area contributed by atoms with Crippen molar-refractivity contribution in [2.24, 2.45) is 5.92 Å². The van der Waals surface area contributed by atoms with Crippen LogP contribution in [-0.2, 0) is 4.74 Å². The molecule has 2 aliphatic rings. The third kappa shape index (κ3) is 1.82. The predicted molar refractivity (Wildman–Crippen MR) is 66.2 cm³/mol. The highest BCUT2D eigenvalue weighted by atomic mass is 127. The van der Waals surface area contributed by atoms with Gasteiger partial charge in [-0.25, -0.2) is 0 Å².